The molecule has 0 spiro atoms. The molecule has 12 heavy (non-hydrogen) atoms. The summed E-state index contributed by atoms with van der Waals surface area (Å²) >= 11 is 1.85. The van der Waals surface area contributed by atoms with Gasteiger partial charge in [-0.25, -0.2) is 4.98 Å². The smallest absolute Gasteiger partial charge is 0.0949 e. The van der Waals surface area contributed by atoms with E-state index in [-0.39, 0.29) is 0 Å². The largest absolute Gasteiger partial charge is 0.336 e. The van der Waals surface area contributed by atoms with Crippen molar-refractivity contribution in [1.29, 1.82) is 0 Å². The molecule has 0 radical (unpaired) electrons. The molecule has 0 fully saturated rings. The fourth-order valence-electron chi connectivity index (χ4n) is 1.00. The van der Waals surface area contributed by atoms with Crippen LogP contribution in [0, 0.1) is 0 Å². The van der Waals surface area contributed by atoms with Gasteiger partial charge < -0.3 is 10.3 Å². The molecule has 68 valence electrons. The molecule has 0 unspecified atom stereocenters. The van der Waals surface area contributed by atoms with Gasteiger partial charge in [0.1, 0.15) is 0 Å². The molecule has 0 atom stereocenters. The Balaban J connectivity index is 2.41. The Morgan fingerprint density at radius 3 is 3.17 bits per heavy atom. The minimum atomic E-state index is 0.680. The van der Waals surface area contributed by atoms with Gasteiger partial charge in [-0.05, 0) is 12.8 Å². The standard InChI is InChI=1S/C8H15N3S/c1-12-5-4-11-6-8(2-3-9)10-7-11/h6-7H,2-5,9H2,1H3. The molecule has 0 saturated heterocycles. The summed E-state index contributed by atoms with van der Waals surface area (Å²) in [4.78, 5) is 4.23. The molecule has 0 aliphatic heterocycles. The molecule has 0 bridgehead atoms. The molecule has 1 rings (SSSR count). The Bertz CT molecular complexity index is 222. The Labute approximate surface area is 77.4 Å². The van der Waals surface area contributed by atoms with Crippen molar-refractivity contribution in [2.45, 2.75) is 13.0 Å². The third kappa shape index (κ3) is 2.87. The van der Waals surface area contributed by atoms with Crippen molar-refractivity contribution in [3.8, 4) is 0 Å². The maximum absolute atomic E-state index is 5.42. The topological polar surface area (TPSA) is 43.8 Å². The van der Waals surface area contributed by atoms with Gasteiger partial charge in [0.15, 0.2) is 0 Å². The van der Waals surface area contributed by atoms with Crippen LogP contribution in [0.15, 0.2) is 12.5 Å². The van der Waals surface area contributed by atoms with Gasteiger partial charge in [-0.1, -0.05) is 0 Å². The first kappa shape index (κ1) is 9.61. The first-order valence-corrected chi connectivity index (χ1v) is 5.46. The molecule has 4 heteroatoms. The van der Waals surface area contributed by atoms with Crippen LogP contribution in [0.5, 0.6) is 0 Å². The van der Waals surface area contributed by atoms with Crippen molar-refractivity contribution in [3.05, 3.63) is 18.2 Å². The van der Waals surface area contributed by atoms with Crippen molar-refractivity contribution in [1.82, 2.24) is 9.55 Å². The zero-order valence-electron chi connectivity index (χ0n) is 7.36. The van der Waals surface area contributed by atoms with E-state index in [9.17, 15) is 0 Å². The highest BCUT2D eigenvalue weighted by atomic mass is 32.2. The fourth-order valence-corrected chi connectivity index (χ4v) is 1.40. The summed E-state index contributed by atoms with van der Waals surface area (Å²) < 4.78 is 2.11. The summed E-state index contributed by atoms with van der Waals surface area (Å²) in [5, 5.41) is 0. The molecule has 2 N–H and O–H groups in total. The van der Waals surface area contributed by atoms with Crippen molar-refractivity contribution in [3.63, 3.8) is 0 Å². The van der Waals surface area contributed by atoms with Crippen LogP contribution >= 0.6 is 11.8 Å². The van der Waals surface area contributed by atoms with E-state index in [1.54, 1.807) is 0 Å². The van der Waals surface area contributed by atoms with Crippen LogP contribution in [0.2, 0.25) is 0 Å². The van der Waals surface area contributed by atoms with Gasteiger partial charge in [0.2, 0.25) is 0 Å². The highest BCUT2D eigenvalue weighted by Gasteiger charge is 1.96. The zero-order valence-corrected chi connectivity index (χ0v) is 8.18. The maximum atomic E-state index is 5.42. The SMILES string of the molecule is CSCCn1cnc(CCN)c1. The average Bonchev–Trinajstić information content (AvgIpc) is 2.50. The van der Waals surface area contributed by atoms with E-state index in [1.807, 2.05) is 18.1 Å². The van der Waals surface area contributed by atoms with Crippen molar-refractivity contribution in [2.24, 2.45) is 5.73 Å². The minimum absolute atomic E-state index is 0.680. The molecule has 3 nitrogen and oxygen atoms in total. The Kier molecular flexibility index (Phi) is 4.18. The van der Waals surface area contributed by atoms with Crippen LogP contribution in [0.1, 0.15) is 5.69 Å². The quantitative estimate of drug-likeness (QED) is 0.736. The minimum Gasteiger partial charge on any atom is -0.336 e. The molecule has 0 aliphatic rings. The fraction of sp³-hybridized carbons (Fsp3) is 0.625. The number of aryl methyl sites for hydroxylation is 1. The molecule has 0 amide bonds. The van der Waals surface area contributed by atoms with E-state index < -0.39 is 0 Å². The monoisotopic (exact) mass is 185 g/mol. The molecule has 1 heterocycles. The second-order valence-electron chi connectivity index (χ2n) is 2.63. The Morgan fingerprint density at radius 1 is 1.67 bits per heavy atom. The average molecular weight is 185 g/mol. The molecule has 0 aliphatic carbocycles. The van der Waals surface area contributed by atoms with Gasteiger partial charge >= 0.3 is 0 Å². The van der Waals surface area contributed by atoms with E-state index in [2.05, 4.69) is 22.0 Å². The maximum Gasteiger partial charge on any atom is 0.0949 e. The number of nitrogens with two attached hydrogens (primary N) is 1. The number of rotatable bonds is 5. The summed E-state index contributed by atoms with van der Waals surface area (Å²) in [7, 11) is 0. The van der Waals surface area contributed by atoms with Crippen LogP contribution in [0.25, 0.3) is 0 Å². The number of aromatic nitrogens is 2. The Morgan fingerprint density at radius 2 is 2.50 bits per heavy atom. The molecule has 1 aromatic heterocycles. The molecular formula is C8H15N3S. The van der Waals surface area contributed by atoms with Gasteiger partial charge in [-0.3, -0.25) is 0 Å². The van der Waals surface area contributed by atoms with Gasteiger partial charge in [-0.15, -0.1) is 0 Å². The lowest BCUT2D eigenvalue weighted by Gasteiger charge is -1.97. The van der Waals surface area contributed by atoms with Gasteiger partial charge in [0.05, 0.1) is 12.0 Å². The normalized spacial score (nSPS) is 10.5. The van der Waals surface area contributed by atoms with Crippen molar-refractivity contribution >= 4 is 11.8 Å². The van der Waals surface area contributed by atoms with Crippen molar-refractivity contribution < 1.29 is 0 Å². The highest BCUT2D eigenvalue weighted by Crippen LogP contribution is 1.99. The lowest BCUT2D eigenvalue weighted by Crippen LogP contribution is -2.02. The first-order chi connectivity index (χ1) is 5.86. The van der Waals surface area contributed by atoms with E-state index in [0.29, 0.717) is 6.54 Å². The van der Waals surface area contributed by atoms with Crippen LogP contribution in [0.3, 0.4) is 0 Å². The van der Waals surface area contributed by atoms with E-state index in [4.69, 9.17) is 5.73 Å². The summed E-state index contributed by atoms with van der Waals surface area (Å²) in [6.07, 6.45) is 6.94. The van der Waals surface area contributed by atoms with E-state index >= 15 is 0 Å². The zero-order chi connectivity index (χ0) is 8.81. The second kappa shape index (κ2) is 5.22. The number of nitrogens with zero attached hydrogens (tertiary/aromatic N) is 2. The lowest BCUT2D eigenvalue weighted by molar-refractivity contribution is 0.769. The number of hydrogen-bond acceptors (Lipinski definition) is 3. The summed E-state index contributed by atoms with van der Waals surface area (Å²) in [5.74, 6) is 1.14. The van der Waals surface area contributed by atoms with Crippen molar-refractivity contribution in [2.75, 3.05) is 18.6 Å². The summed E-state index contributed by atoms with van der Waals surface area (Å²) in [6, 6.07) is 0. The third-order valence-electron chi connectivity index (χ3n) is 1.64. The predicted molar refractivity (Wildman–Crippen MR) is 53.4 cm³/mol. The van der Waals surface area contributed by atoms with Gasteiger partial charge in [0.25, 0.3) is 0 Å². The highest BCUT2D eigenvalue weighted by molar-refractivity contribution is 7.98. The van der Waals surface area contributed by atoms with Crippen LogP contribution in [-0.4, -0.2) is 28.1 Å². The lowest BCUT2D eigenvalue weighted by atomic mass is 10.3. The van der Waals surface area contributed by atoms with Gasteiger partial charge in [-0.2, -0.15) is 11.8 Å². The van der Waals surface area contributed by atoms with Crippen LogP contribution < -0.4 is 5.73 Å². The van der Waals surface area contributed by atoms with Crippen LogP contribution in [0.4, 0.5) is 0 Å². The van der Waals surface area contributed by atoms with Crippen LogP contribution in [-0.2, 0) is 13.0 Å². The van der Waals surface area contributed by atoms with E-state index in [1.165, 1.54) is 0 Å². The van der Waals surface area contributed by atoms with Gasteiger partial charge in [0, 0.05) is 24.9 Å². The Hall–Kier alpha value is -0.480. The van der Waals surface area contributed by atoms with E-state index in [0.717, 1.165) is 24.4 Å². The third-order valence-corrected chi connectivity index (χ3v) is 2.23. The summed E-state index contributed by atoms with van der Waals surface area (Å²) in [6.45, 7) is 1.72. The summed E-state index contributed by atoms with van der Waals surface area (Å²) in [5.41, 5.74) is 6.51. The molecule has 0 aromatic carbocycles. The first-order valence-electron chi connectivity index (χ1n) is 4.06. The number of thioether (sulfide) groups is 1. The number of imidazole rings is 1. The molecule has 1 aromatic rings. The second-order valence-corrected chi connectivity index (χ2v) is 3.62. The molecule has 0 saturated carbocycles. The predicted octanol–water partition coefficient (Wildman–Crippen LogP) is 0.747. The number of hydrogen-bond donors (Lipinski definition) is 1. The molecular weight excluding hydrogens is 170 g/mol.